The van der Waals surface area contributed by atoms with E-state index in [0.29, 0.717) is 22.2 Å². The fraction of sp³-hybridized carbons (Fsp3) is 0.547. The van der Waals surface area contributed by atoms with Gasteiger partial charge in [-0.15, -0.1) is 0 Å². The Balaban J connectivity index is 0.000000330. The van der Waals surface area contributed by atoms with Crippen molar-refractivity contribution in [2.24, 2.45) is 22.2 Å². The summed E-state index contributed by atoms with van der Waals surface area (Å²) in [6, 6.07) is 5.92. The van der Waals surface area contributed by atoms with E-state index in [1.54, 1.807) is 29.9 Å². The van der Waals surface area contributed by atoms with Crippen molar-refractivity contribution in [2.75, 3.05) is 0 Å². The van der Waals surface area contributed by atoms with Gasteiger partial charge in [-0.1, -0.05) is 202 Å². The highest BCUT2D eigenvalue weighted by Crippen LogP contribution is 2.32. The van der Waals surface area contributed by atoms with Gasteiger partial charge in [-0.2, -0.15) is 0 Å². The topological polar surface area (TPSA) is 26.3 Å². The van der Waals surface area contributed by atoms with Crippen LogP contribution in [0.1, 0.15) is 168 Å². The van der Waals surface area contributed by atoms with Crippen LogP contribution in [0, 0.1) is 22.2 Å². The first-order valence-corrected chi connectivity index (χ1v) is 20.9. The first kappa shape index (κ1) is 49.5. The molecule has 0 fully saturated rings. The number of furan rings is 2. The van der Waals surface area contributed by atoms with E-state index in [9.17, 15) is 0 Å². The average Bonchev–Trinajstić information content (AvgIpc) is 3.94. The van der Waals surface area contributed by atoms with Gasteiger partial charge in [0.15, 0.2) is 0 Å². The largest absolute Gasteiger partial charge is 0.472 e. The highest BCUT2D eigenvalue weighted by molar-refractivity contribution is 5.30. The molecule has 0 atom stereocenters. The van der Waals surface area contributed by atoms with Crippen molar-refractivity contribution in [1.29, 1.82) is 0 Å². The van der Waals surface area contributed by atoms with E-state index in [0.717, 1.165) is 18.6 Å². The molecule has 4 aliphatic rings. The average molecular weight is 751 g/mol. The zero-order chi connectivity index (χ0) is 41.9. The Morgan fingerprint density at radius 2 is 1.20 bits per heavy atom. The molecule has 0 aliphatic heterocycles. The molecule has 6 rings (SSSR count). The summed E-state index contributed by atoms with van der Waals surface area (Å²) < 4.78 is 10.1. The predicted molar refractivity (Wildman–Crippen MR) is 245 cm³/mol. The summed E-state index contributed by atoms with van der Waals surface area (Å²) in [5.74, 6) is 1.75. The second-order valence-corrected chi connectivity index (χ2v) is 20.4. The molecule has 0 unspecified atom stereocenters. The molecule has 306 valence electrons. The molecule has 0 bridgehead atoms. The zero-order valence-corrected chi connectivity index (χ0v) is 38.5. The lowest BCUT2D eigenvalue weighted by atomic mass is 9.82. The minimum Gasteiger partial charge on any atom is -0.472 e. The van der Waals surface area contributed by atoms with E-state index in [4.69, 9.17) is 8.83 Å². The second-order valence-electron chi connectivity index (χ2n) is 20.4. The van der Waals surface area contributed by atoms with Crippen LogP contribution in [-0.4, -0.2) is 0 Å². The Hall–Kier alpha value is -3.52. The van der Waals surface area contributed by atoms with Crippen LogP contribution in [0.2, 0.25) is 0 Å². The van der Waals surface area contributed by atoms with E-state index in [2.05, 4.69) is 191 Å². The molecular formula is C53H82O2. The van der Waals surface area contributed by atoms with E-state index in [-0.39, 0.29) is 10.8 Å². The van der Waals surface area contributed by atoms with Crippen LogP contribution in [0.15, 0.2) is 141 Å². The summed E-state index contributed by atoms with van der Waals surface area (Å²) in [5, 5.41) is 0. The zero-order valence-electron chi connectivity index (χ0n) is 38.5. The van der Waals surface area contributed by atoms with Gasteiger partial charge in [0.1, 0.15) is 5.76 Å². The lowest BCUT2D eigenvalue weighted by Crippen LogP contribution is -2.10. The van der Waals surface area contributed by atoms with E-state index < -0.39 is 0 Å². The number of rotatable bonds is 1. The molecule has 0 spiro atoms. The molecule has 0 saturated carbocycles. The first-order chi connectivity index (χ1) is 25.3. The SMILES string of the molecule is CC(C)(C)C1=CC=CC1.CC(C)(C)C1=CC=CCC1.CC(C)(C)C1=CCC=C1.CC(C)(C)c1ccco1.CC(C)(C)c1ccoc1.CC(C)C1=CCCC=C1. The summed E-state index contributed by atoms with van der Waals surface area (Å²) in [7, 11) is 0. The number of allylic oxidation sites excluding steroid dienone is 16. The van der Waals surface area contributed by atoms with Crippen LogP contribution in [0.3, 0.4) is 0 Å². The Labute approximate surface area is 340 Å². The maximum Gasteiger partial charge on any atom is 0.109 e. The van der Waals surface area contributed by atoms with Crippen molar-refractivity contribution in [3.05, 3.63) is 144 Å². The summed E-state index contributed by atoms with van der Waals surface area (Å²) in [5.41, 5.74) is 8.85. The fourth-order valence-electron chi connectivity index (χ4n) is 5.70. The van der Waals surface area contributed by atoms with Gasteiger partial charge in [-0.25, -0.2) is 0 Å². The molecule has 2 heteroatoms. The molecule has 0 radical (unpaired) electrons. The normalized spacial score (nSPS) is 16.3. The molecule has 0 N–H and O–H groups in total. The van der Waals surface area contributed by atoms with Gasteiger partial charge < -0.3 is 8.83 Å². The fourth-order valence-corrected chi connectivity index (χ4v) is 5.70. The maximum absolute atomic E-state index is 5.20. The van der Waals surface area contributed by atoms with Crippen molar-refractivity contribution in [2.45, 2.75) is 167 Å². The minimum atomic E-state index is 0.156. The van der Waals surface area contributed by atoms with E-state index >= 15 is 0 Å². The third-order valence-corrected chi connectivity index (χ3v) is 9.69. The molecule has 0 amide bonds. The summed E-state index contributed by atoms with van der Waals surface area (Å²) >= 11 is 0. The Morgan fingerprint density at radius 3 is 1.45 bits per heavy atom. The third kappa shape index (κ3) is 21.4. The standard InChI is InChI=1S/C10H16.3C9H14.2C8H12O/c1-10(2,3)9-7-5-4-6-8-9;2*1-9(2,3)8-6-4-5-7-8;1-8(2)9-6-4-3-5-7-9;1-8(2,3)7-4-5-9-6-7;1-8(2,3)7-5-4-6-9-7/h4-5,7H,6,8H2,1-3H3;4,6-7H,5H2,1-3H3;4-6H,7H2,1-3H3;4,6-8H,3,5H2,1-2H3;2*4-6H,1-3H3. The number of hydrogen-bond acceptors (Lipinski definition) is 2. The Kier molecular flexibility index (Phi) is 20.6. The van der Waals surface area contributed by atoms with Crippen molar-refractivity contribution in [1.82, 2.24) is 0 Å². The highest BCUT2D eigenvalue weighted by Gasteiger charge is 2.18. The van der Waals surface area contributed by atoms with Crippen molar-refractivity contribution < 1.29 is 8.83 Å². The molecule has 2 heterocycles. The molecule has 4 aliphatic carbocycles. The minimum absolute atomic E-state index is 0.156. The van der Waals surface area contributed by atoms with Crippen LogP contribution < -0.4 is 0 Å². The highest BCUT2D eigenvalue weighted by atomic mass is 16.3. The van der Waals surface area contributed by atoms with E-state index in [1.807, 2.05) is 18.2 Å². The van der Waals surface area contributed by atoms with Crippen LogP contribution in [-0.2, 0) is 10.8 Å². The van der Waals surface area contributed by atoms with Crippen LogP contribution in [0.5, 0.6) is 0 Å². The molecule has 0 saturated heterocycles. The quantitative estimate of drug-likeness (QED) is 0.290. The van der Waals surface area contributed by atoms with Crippen LogP contribution >= 0.6 is 0 Å². The lowest BCUT2D eigenvalue weighted by Gasteiger charge is -2.23. The van der Waals surface area contributed by atoms with Gasteiger partial charge in [-0.3, -0.25) is 0 Å². The Bertz CT molecular complexity index is 1540. The van der Waals surface area contributed by atoms with Crippen molar-refractivity contribution in [3.8, 4) is 0 Å². The third-order valence-electron chi connectivity index (χ3n) is 9.69. The first-order valence-electron chi connectivity index (χ1n) is 20.9. The van der Waals surface area contributed by atoms with Gasteiger partial charge in [-0.05, 0) is 101 Å². The van der Waals surface area contributed by atoms with Gasteiger partial charge in [0.05, 0.1) is 18.8 Å². The molecular weight excluding hydrogens is 669 g/mol. The maximum atomic E-state index is 5.20. The van der Waals surface area contributed by atoms with Crippen molar-refractivity contribution in [3.63, 3.8) is 0 Å². The number of hydrogen-bond donors (Lipinski definition) is 0. The smallest absolute Gasteiger partial charge is 0.109 e. The monoisotopic (exact) mass is 751 g/mol. The van der Waals surface area contributed by atoms with Gasteiger partial charge in [0.2, 0.25) is 0 Å². The molecule has 2 aromatic heterocycles. The summed E-state index contributed by atoms with van der Waals surface area (Å²) in [4.78, 5) is 0. The van der Waals surface area contributed by atoms with Gasteiger partial charge in [0.25, 0.3) is 0 Å². The van der Waals surface area contributed by atoms with Crippen LogP contribution in [0.25, 0.3) is 0 Å². The van der Waals surface area contributed by atoms with Crippen molar-refractivity contribution >= 4 is 0 Å². The summed E-state index contributed by atoms with van der Waals surface area (Å²) in [6.07, 6.45) is 39.2. The molecule has 2 nitrogen and oxygen atoms in total. The lowest BCUT2D eigenvalue weighted by molar-refractivity contribution is 0.409. The predicted octanol–water partition coefficient (Wildman–Crippen LogP) is 17.2. The van der Waals surface area contributed by atoms with E-state index in [1.165, 1.54) is 42.4 Å². The van der Waals surface area contributed by atoms with Gasteiger partial charge >= 0.3 is 0 Å². The molecule has 55 heavy (non-hydrogen) atoms. The summed E-state index contributed by atoms with van der Waals surface area (Å²) in [6.45, 7) is 37.7. The Morgan fingerprint density at radius 1 is 0.564 bits per heavy atom. The molecule has 0 aromatic carbocycles. The van der Waals surface area contributed by atoms with Gasteiger partial charge in [0, 0.05) is 5.41 Å². The molecule has 2 aromatic rings. The van der Waals surface area contributed by atoms with Crippen LogP contribution in [0.4, 0.5) is 0 Å². The second kappa shape index (κ2) is 22.9.